The van der Waals surface area contributed by atoms with E-state index in [1.165, 1.54) is 18.4 Å². The number of piperazine rings is 1. The van der Waals surface area contributed by atoms with Crippen LogP contribution in [0.25, 0.3) is 0 Å². The molecule has 1 N–H and O–H groups in total. The molecule has 3 aliphatic rings. The van der Waals surface area contributed by atoms with Crippen molar-refractivity contribution in [1.82, 2.24) is 20.1 Å². The van der Waals surface area contributed by atoms with E-state index >= 15 is 0 Å². The van der Waals surface area contributed by atoms with Crippen LogP contribution in [0.2, 0.25) is 0 Å². The number of hydrogen-bond donors (Lipinski definition) is 1. The zero-order valence-electron chi connectivity index (χ0n) is 13.0. The largest absolute Gasteiger partial charge is 0.336 e. The molecular weight excluding hydrogens is 276 g/mol. The summed E-state index contributed by atoms with van der Waals surface area (Å²) in [6.45, 7) is 6.04. The molecule has 1 saturated carbocycles. The maximum Gasteiger partial charge on any atom is 0.272 e. The zero-order chi connectivity index (χ0) is 14.9. The topological polar surface area (TPSA) is 48.5 Å². The summed E-state index contributed by atoms with van der Waals surface area (Å²) in [5, 5.41) is 3.39. The summed E-state index contributed by atoms with van der Waals surface area (Å²) in [4.78, 5) is 21.5. The third-order valence-electron chi connectivity index (χ3n) is 5.17. The van der Waals surface area contributed by atoms with Crippen LogP contribution in [0.3, 0.4) is 0 Å². The Morgan fingerprint density at radius 3 is 2.64 bits per heavy atom. The molecule has 3 fully saturated rings. The van der Waals surface area contributed by atoms with Gasteiger partial charge in [0.1, 0.15) is 5.69 Å². The fourth-order valence-electron chi connectivity index (χ4n) is 3.62. The molecule has 22 heavy (non-hydrogen) atoms. The summed E-state index contributed by atoms with van der Waals surface area (Å²) >= 11 is 0. The van der Waals surface area contributed by atoms with Gasteiger partial charge in [-0.25, -0.2) is 0 Å². The van der Waals surface area contributed by atoms with E-state index in [-0.39, 0.29) is 5.91 Å². The number of nitrogens with zero attached hydrogens (tertiary/aromatic N) is 3. The van der Waals surface area contributed by atoms with E-state index in [1.54, 1.807) is 0 Å². The van der Waals surface area contributed by atoms with Crippen LogP contribution in [-0.2, 0) is 0 Å². The predicted octanol–water partition coefficient (Wildman–Crippen LogP) is 1.08. The van der Waals surface area contributed by atoms with Crippen molar-refractivity contribution in [3.63, 3.8) is 0 Å². The Bertz CT molecular complexity index is 534. The maximum absolute atomic E-state index is 12.6. The minimum atomic E-state index is 0.0972. The zero-order valence-corrected chi connectivity index (χ0v) is 13.0. The molecule has 4 rings (SSSR count). The normalized spacial score (nSPS) is 26.4. The molecule has 1 aromatic rings. The van der Waals surface area contributed by atoms with Gasteiger partial charge in [-0.3, -0.25) is 14.7 Å². The van der Waals surface area contributed by atoms with Crippen LogP contribution in [0.4, 0.5) is 0 Å². The minimum Gasteiger partial charge on any atom is -0.336 e. The summed E-state index contributed by atoms with van der Waals surface area (Å²) in [6, 6.07) is 4.52. The summed E-state index contributed by atoms with van der Waals surface area (Å²) in [5.41, 5.74) is 1.89. The number of carbonyl (C=O) groups excluding carboxylic acids is 1. The SMILES string of the molecule is O=C(c1ccc(C2CC2)cn1)N1CCC(N2CCNCC2)C1. The lowest BCUT2D eigenvalue weighted by Crippen LogP contribution is -2.49. The number of carbonyl (C=O) groups is 1. The highest BCUT2D eigenvalue weighted by Crippen LogP contribution is 2.39. The van der Waals surface area contributed by atoms with Crippen molar-refractivity contribution in [2.45, 2.75) is 31.2 Å². The molecule has 0 spiro atoms. The van der Waals surface area contributed by atoms with Gasteiger partial charge in [-0.2, -0.15) is 0 Å². The van der Waals surface area contributed by atoms with E-state index in [2.05, 4.69) is 21.3 Å². The van der Waals surface area contributed by atoms with E-state index in [4.69, 9.17) is 0 Å². The molecule has 2 saturated heterocycles. The minimum absolute atomic E-state index is 0.0972. The number of likely N-dealkylation sites (tertiary alicyclic amines) is 1. The van der Waals surface area contributed by atoms with Gasteiger partial charge in [0.05, 0.1) is 0 Å². The second-order valence-corrected chi connectivity index (χ2v) is 6.73. The Balaban J connectivity index is 1.38. The van der Waals surface area contributed by atoms with Crippen LogP contribution < -0.4 is 5.32 Å². The molecular formula is C17H24N4O. The quantitative estimate of drug-likeness (QED) is 0.907. The van der Waals surface area contributed by atoms with Gasteiger partial charge in [0.2, 0.25) is 0 Å². The van der Waals surface area contributed by atoms with Crippen LogP contribution in [0.1, 0.15) is 41.2 Å². The van der Waals surface area contributed by atoms with Gasteiger partial charge in [0.25, 0.3) is 5.91 Å². The van der Waals surface area contributed by atoms with Crippen molar-refractivity contribution in [3.8, 4) is 0 Å². The average molecular weight is 300 g/mol. The molecule has 1 aromatic heterocycles. The molecule has 1 aliphatic carbocycles. The van der Waals surface area contributed by atoms with Gasteiger partial charge in [-0.05, 0) is 36.8 Å². The number of hydrogen-bond acceptors (Lipinski definition) is 4. The molecule has 1 unspecified atom stereocenters. The summed E-state index contributed by atoms with van der Waals surface area (Å²) in [6.07, 6.45) is 5.53. The van der Waals surface area contributed by atoms with Crippen LogP contribution in [0.15, 0.2) is 18.3 Å². The van der Waals surface area contributed by atoms with Crippen molar-refractivity contribution < 1.29 is 4.79 Å². The second-order valence-electron chi connectivity index (χ2n) is 6.73. The molecule has 3 heterocycles. The molecule has 1 atom stereocenters. The third kappa shape index (κ3) is 2.88. The Morgan fingerprint density at radius 2 is 1.95 bits per heavy atom. The van der Waals surface area contributed by atoms with Gasteiger partial charge < -0.3 is 10.2 Å². The van der Waals surface area contributed by atoms with Crippen LogP contribution in [0, 0.1) is 0 Å². The van der Waals surface area contributed by atoms with E-state index < -0.39 is 0 Å². The summed E-state index contributed by atoms with van der Waals surface area (Å²) in [7, 11) is 0. The molecule has 5 nitrogen and oxygen atoms in total. The predicted molar refractivity (Wildman–Crippen MR) is 85.0 cm³/mol. The highest BCUT2D eigenvalue weighted by atomic mass is 16.2. The first-order valence-electron chi connectivity index (χ1n) is 8.51. The first kappa shape index (κ1) is 14.2. The van der Waals surface area contributed by atoms with Crippen LogP contribution >= 0.6 is 0 Å². The third-order valence-corrected chi connectivity index (χ3v) is 5.17. The Morgan fingerprint density at radius 1 is 1.14 bits per heavy atom. The summed E-state index contributed by atoms with van der Waals surface area (Å²) < 4.78 is 0. The number of aromatic nitrogens is 1. The number of rotatable bonds is 3. The molecule has 0 bridgehead atoms. The molecule has 5 heteroatoms. The standard InChI is InChI=1S/C17H24N4O/c22-17(16-4-3-14(11-19-16)13-1-2-13)21-8-5-15(12-21)20-9-6-18-7-10-20/h3-4,11,13,15,18H,1-2,5-10,12H2. The van der Waals surface area contributed by atoms with Crippen molar-refractivity contribution in [2.24, 2.45) is 0 Å². The highest BCUT2D eigenvalue weighted by Gasteiger charge is 2.32. The number of nitrogens with one attached hydrogen (secondary N) is 1. The Hall–Kier alpha value is -1.46. The average Bonchev–Trinajstić information content (AvgIpc) is 3.32. The van der Waals surface area contributed by atoms with E-state index in [0.29, 0.717) is 17.7 Å². The lowest BCUT2D eigenvalue weighted by atomic mass is 10.2. The van der Waals surface area contributed by atoms with Crippen molar-refractivity contribution in [3.05, 3.63) is 29.6 Å². The van der Waals surface area contributed by atoms with Crippen molar-refractivity contribution >= 4 is 5.91 Å². The van der Waals surface area contributed by atoms with Gasteiger partial charge >= 0.3 is 0 Å². The van der Waals surface area contributed by atoms with Crippen molar-refractivity contribution in [2.75, 3.05) is 39.3 Å². The van der Waals surface area contributed by atoms with Gasteiger partial charge in [0, 0.05) is 51.5 Å². The maximum atomic E-state index is 12.6. The molecule has 0 radical (unpaired) electrons. The lowest BCUT2D eigenvalue weighted by molar-refractivity contribution is 0.0767. The van der Waals surface area contributed by atoms with Crippen LogP contribution in [0.5, 0.6) is 0 Å². The molecule has 2 aliphatic heterocycles. The van der Waals surface area contributed by atoms with E-state index in [1.807, 2.05) is 17.2 Å². The fourth-order valence-corrected chi connectivity index (χ4v) is 3.62. The van der Waals surface area contributed by atoms with Crippen LogP contribution in [-0.4, -0.2) is 66.0 Å². The van der Waals surface area contributed by atoms with Crippen molar-refractivity contribution in [1.29, 1.82) is 0 Å². The Kier molecular flexibility index (Phi) is 3.84. The second kappa shape index (κ2) is 5.97. The smallest absolute Gasteiger partial charge is 0.272 e. The number of pyridine rings is 1. The van der Waals surface area contributed by atoms with E-state index in [9.17, 15) is 4.79 Å². The van der Waals surface area contributed by atoms with Gasteiger partial charge in [0.15, 0.2) is 0 Å². The molecule has 118 valence electrons. The molecule has 1 amide bonds. The first-order valence-corrected chi connectivity index (χ1v) is 8.51. The first-order chi connectivity index (χ1) is 10.8. The fraction of sp³-hybridized carbons (Fsp3) is 0.647. The monoisotopic (exact) mass is 300 g/mol. The van der Waals surface area contributed by atoms with E-state index in [0.717, 1.165) is 45.7 Å². The lowest BCUT2D eigenvalue weighted by Gasteiger charge is -2.32. The molecule has 0 aromatic carbocycles. The van der Waals surface area contributed by atoms with Gasteiger partial charge in [-0.15, -0.1) is 0 Å². The van der Waals surface area contributed by atoms with Gasteiger partial charge in [-0.1, -0.05) is 6.07 Å². The Labute approximate surface area is 131 Å². The summed E-state index contributed by atoms with van der Waals surface area (Å²) in [5.74, 6) is 0.792. The highest BCUT2D eigenvalue weighted by molar-refractivity contribution is 5.92. The number of amides is 1.